The summed E-state index contributed by atoms with van der Waals surface area (Å²) in [4.78, 5) is 2.11. The van der Waals surface area contributed by atoms with E-state index in [-0.39, 0.29) is 11.5 Å². The zero-order chi connectivity index (χ0) is 30.0. The molecule has 41 heavy (non-hydrogen) atoms. The lowest BCUT2D eigenvalue weighted by Crippen LogP contribution is -2.22. The Kier molecular flexibility index (Phi) is 12.2. The molecule has 3 rings (SSSR count). The average molecular weight is 602 g/mol. The predicted molar refractivity (Wildman–Crippen MR) is 153 cm³/mol. The summed E-state index contributed by atoms with van der Waals surface area (Å²) in [5.41, 5.74) is 4.42. The molecule has 0 saturated heterocycles. The van der Waals surface area contributed by atoms with E-state index in [1.165, 1.54) is 12.1 Å². The van der Waals surface area contributed by atoms with Gasteiger partial charge in [-0.25, -0.2) is 17.2 Å². The van der Waals surface area contributed by atoms with E-state index in [4.69, 9.17) is 0 Å². The first-order valence-electron chi connectivity index (χ1n) is 14.3. The Morgan fingerprint density at radius 1 is 0.854 bits per heavy atom. The smallest absolute Gasteiger partial charge is 0.390 e. The van der Waals surface area contributed by atoms with Gasteiger partial charge in [0.2, 0.25) is 0 Å². The highest BCUT2D eigenvalue weighted by Gasteiger charge is 2.29. The first-order valence-corrected chi connectivity index (χ1v) is 16.1. The van der Waals surface area contributed by atoms with Crippen molar-refractivity contribution in [1.29, 1.82) is 0 Å². The second kappa shape index (κ2) is 15.1. The molecule has 1 aliphatic rings. The van der Waals surface area contributed by atoms with Crippen LogP contribution in [-0.4, -0.2) is 56.2 Å². The third-order valence-electron chi connectivity index (χ3n) is 7.57. The molecular weight excluding hydrogens is 561 g/mol. The number of sulfone groups is 1. The van der Waals surface area contributed by atoms with Crippen molar-refractivity contribution in [3.8, 4) is 5.75 Å². The van der Waals surface area contributed by atoms with Gasteiger partial charge in [0.15, 0.2) is 9.84 Å². The minimum absolute atomic E-state index is 0.201. The summed E-state index contributed by atoms with van der Waals surface area (Å²) in [5, 5.41) is 10.0. The standard InChI is InChI=1S/C31H40F5NO3S/c1-37(18-6-7-19-41(39,40)20-16-31(34,35)36)17-5-3-2-4-10-27-26-15-13-25(38)21-23(26)9-8-11-28(27)29-14-12-24(32)22-30(29)33/h12-15,21-22,38H,2-11,16-20H2,1H3. The lowest BCUT2D eigenvalue weighted by Gasteiger charge is -2.18. The fourth-order valence-electron chi connectivity index (χ4n) is 5.39. The van der Waals surface area contributed by atoms with E-state index in [0.29, 0.717) is 31.4 Å². The second-order valence-corrected chi connectivity index (χ2v) is 13.3. The van der Waals surface area contributed by atoms with Gasteiger partial charge in [0.25, 0.3) is 0 Å². The van der Waals surface area contributed by atoms with Gasteiger partial charge in [0.05, 0.1) is 17.9 Å². The number of phenols is 1. The fraction of sp³-hybridized carbons (Fsp3) is 0.548. The Bertz CT molecular complexity index is 1290. The molecule has 0 saturated carbocycles. The number of aromatic hydroxyl groups is 1. The second-order valence-electron chi connectivity index (χ2n) is 11.0. The normalized spacial score (nSPS) is 14.4. The number of fused-ring (bicyclic) bond motifs is 1. The molecule has 0 atom stereocenters. The molecule has 0 aliphatic heterocycles. The maximum Gasteiger partial charge on any atom is 0.390 e. The number of hydrogen-bond donors (Lipinski definition) is 1. The number of alkyl halides is 3. The van der Waals surface area contributed by atoms with E-state index in [9.17, 15) is 35.5 Å². The van der Waals surface area contributed by atoms with E-state index in [1.807, 2.05) is 13.1 Å². The maximum absolute atomic E-state index is 14.8. The molecule has 10 heteroatoms. The van der Waals surface area contributed by atoms with Crippen LogP contribution in [0.2, 0.25) is 0 Å². The molecular formula is C31H40F5NO3S. The molecule has 0 unspecified atom stereocenters. The zero-order valence-corrected chi connectivity index (χ0v) is 24.4. The van der Waals surface area contributed by atoms with Crippen molar-refractivity contribution >= 4 is 21.0 Å². The van der Waals surface area contributed by atoms with Gasteiger partial charge in [0, 0.05) is 11.6 Å². The SMILES string of the molecule is CN(CCCCCCC1=C(c2ccc(F)cc2F)CCCc2cc(O)ccc21)CCCCS(=O)(=O)CCC(F)(F)F. The number of aryl methyl sites for hydroxylation is 1. The van der Waals surface area contributed by atoms with Gasteiger partial charge >= 0.3 is 6.18 Å². The zero-order valence-electron chi connectivity index (χ0n) is 23.6. The molecule has 4 nitrogen and oxygen atoms in total. The van der Waals surface area contributed by atoms with Crippen molar-refractivity contribution < 1.29 is 35.5 Å². The van der Waals surface area contributed by atoms with Gasteiger partial charge in [-0.1, -0.05) is 18.9 Å². The van der Waals surface area contributed by atoms with Crippen molar-refractivity contribution in [3.63, 3.8) is 0 Å². The van der Waals surface area contributed by atoms with Crippen LogP contribution in [0.3, 0.4) is 0 Å². The number of nitrogens with zero attached hydrogens (tertiary/aromatic N) is 1. The van der Waals surface area contributed by atoms with E-state index < -0.39 is 39.8 Å². The Labute approximate surface area is 240 Å². The number of hydrogen-bond acceptors (Lipinski definition) is 4. The molecule has 228 valence electrons. The number of unbranched alkanes of at least 4 members (excludes halogenated alkanes) is 4. The maximum atomic E-state index is 14.8. The lowest BCUT2D eigenvalue weighted by molar-refractivity contribution is -0.129. The number of phenolic OH excluding ortho intramolecular Hbond substituents is 1. The summed E-state index contributed by atoms with van der Waals surface area (Å²) in [7, 11) is -1.74. The molecule has 0 bridgehead atoms. The highest BCUT2D eigenvalue weighted by molar-refractivity contribution is 7.91. The summed E-state index contributed by atoms with van der Waals surface area (Å²) in [6.45, 7) is 1.51. The van der Waals surface area contributed by atoms with Crippen molar-refractivity contribution in [2.24, 2.45) is 0 Å². The highest BCUT2D eigenvalue weighted by atomic mass is 32.2. The third-order valence-corrected chi connectivity index (χ3v) is 9.30. The minimum Gasteiger partial charge on any atom is -0.508 e. The summed E-state index contributed by atoms with van der Waals surface area (Å²) >= 11 is 0. The molecule has 0 heterocycles. The molecule has 1 N–H and O–H groups in total. The van der Waals surface area contributed by atoms with Gasteiger partial charge < -0.3 is 10.0 Å². The molecule has 0 spiro atoms. The van der Waals surface area contributed by atoms with Crippen LogP contribution in [0.25, 0.3) is 11.1 Å². The van der Waals surface area contributed by atoms with Crippen LogP contribution in [0.15, 0.2) is 36.4 Å². The number of benzene rings is 2. The molecule has 0 radical (unpaired) electrons. The van der Waals surface area contributed by atoms with Crippen LogP contribution in [0.1, 0.15) is 80.9 Å². The van der Waals surface area contributed by atoms with Crippen LogP contribution in [-0.2, 0) is 16.3 Å². The van der Waals surface area contributed by atoms with Crippen LogP contribution >= 0.6 is 0 Å². The summed E-state index contributed by atoms with van der Waals surface area (Å²) in [6, 6.07) is 9.03. The van der Waals surface area contributed by atoms with Gasteiger partial charge in [0.1, 0.15) is 17.4 Å². The molecule has 1 aliphatic carbocycles. The molecule has 0 fully saturated rings. The molecule has 2 aromatic carbocycles. The van der Waals surface area contributed by atoms with Crippen molar-refractivity contribution in [3.05, 3.63) is 64.7 Å². The van der Waals surface area contributed by atoms with E-state index in [1.54, 1.807) is 12.1 Å². The fourth-order valence-corrected chi connectivity index (χ4v) is 6.78. The predicted octanol–water partition coefficient (Wildman–Crippen LogP) is 7.95. The summed E-state index contributed by atoms with van der Waals surface area (Å²) < 4.78 is 88.8. The van der Waals surface area contributed by atoms with Crippen LogP contribution in [0, 0.1) is 11.6 Å². The summed E-state index contributed by atoms with van der Waals surface area (Å²) in [6.07, 6.45) is 1.94. The highest BCUT2D eigenvalue weighted by Crippen LogP contribution is 2.40. The third kappa shape index (κ3) is 11.0. The lowest BCUT2D eigenvalue weighted by atomic mass is 9.88. The largest absolute Gasteiger partial charge is 0.508 e. The van der Waals surface area contributed by atoms with Gasteiger partial charge in [-0.3, -0.25) is 0 Å². The van der Waals surface area contributed by atoms with E-state index >= 15 is 0 Å². The van der Waals surface area contributed by atoms with Gasteiger partial charge in [-0.05, 0) is 118 Å². The average Bonchev–Trinajstić information content (AvgIpc) is 3.06. The van der Waals surface area contributed by atoms with E-state index in [2.05, 4.69) is 4.90 Å². The Hall–Kier alpha value is -2.46. The number of allylic oxidation sites excluding steroid dienone is 2. The minimum atomic E-state index is -4.46. The van der Waals surface area contributed by atoms with Crippen molar-refractivity contribution in [2.45, 2.75) is 76.8 Å². The van der Waals surface area contributed by atoms with Crippen LogP contribution < -0.4 is 0 Å². The summed E-state index contributed by atoms with van der Waals surface area (Å²) in [5.74, 6) is -2.05. The van der Waals surface area contributed by atoms with Gasteiger partial charge in [-0.2, -0.15) is 13.2 Å². The van der Waals surface area contributed by atoms with Crippen molar-refractivity contribution in [1.82, 2.24) is 4.90 Å². The Morgan fingerprint density at radius 2 is 1.54 bits per heavy atom. The topological polar surface area (TPSA) is 57.6 Å². The van der Waals surface area contributed by atoms with E-state index in [0.717, 1.165) is 79.8 Å². The quantitative estimate of drug-likeness (QED) is 0.166. The Balaban J connectivity index is 1.48. The number of rotatable bonds is 15. The first kappa shape index (κ1) is 33.0. The van der Waals surface area contributed by atoms with Crippen LogP contribution in [0.5, 0.6) is 5.75 Å². The molecule has 0 amide bonds. The first-order chi connectivity index (χ1) is 19.3. The molecule has 0 aromatic heterocycles. The number of halogens is 5. The monoisotopic (exact) mass is 601 g/mol. The Morgan fingerprint density at radius 3 is 2.24 bits per heavy atom. The molecule has 2 aromatic rings. The van der Waals surface area contributed by atoms with Crippen molar-refractivity contribution in [2.75, 3.05) is 31.6 Å². The van der Waals surface area contributed by atoms with Gasteiger partial charge in [-0.15, -0.1) is 0 Å². The van der Waals surface area contributed by atoms with Crippen LogP contribution in [0.4, 0.5) is 22.0 Å².